The number of hydrogen-bond donors (Lipinski definition) is 2. The number of rotatable bonds is 5. The monoisotopic (exact) mass is 385 g/mol. The number of nitrogens with one attached hydrogen (secondary N) is 2. The Morgan fingerprint density at radius 2 is 1.92 bits per heavy atom. The molecule has 0 aliphatic rings. The predicted molar refractivity (Wildman–Crippen MR) is 91.4 cm³/mol. The molecule has 0 radical (unpaired) electrons. The summed E-state index contributed by atoms with van der Waals surface area (Å²) in [6, 6.07) is 5.69. The van der Waals surface area contributed by atoms with Crippen LogP contribution in [0.15, 0.2) is 35.4 Å². The number of aromatic nitrogens is 2. The second-order valence-corrected chi connectivity index (χ2v) is 7.07. The molecule has 0 unspecified atom stereocenters. The Bertz CT molecular complexity index is 1050. The second kappa shape index (κ2) is 6.41. The Labute approximate surface area is 147 Å². The Morgan fingerprint density at radius 1 is 1.20 bits per heavy atom. The van der Waals surface area contributed by atoms with Gasteiger partial charge in [0.15, 0.2) is 5.82 Å². The van der Waals surface area contributed by atoms with Crippen molar-refractivity contribution in [3.05, 3.63) is 41.3 Å². The summed E-state index contributed by atoms with van der Waals surface area (Å²) in [7, 11) is -1.51. The largest absolute Gasteiger partial charge is 0.479 e. The summed E-state index contributed by atoms with van der Waals surface area (Å²) >= 11 is 5.89. The standard InChI is InChI=1S/C15H13ClFN3O4S/c1-23-14-10(17)6-12(15(19-14)24-2)20-25(21,22)13-7-18-11-5-8(16)3-4-9(11)13/h3-7,18,20H,1-2H3. The summed E-state index contributed by atoms with van der Waals surface area (Å²) in [4.78, 5) is 6.60. The first-order valence-corrected chi connectivity index (χ1v) is 8.80. The van der Waals surface area contributed by atoms with Crippen LogP contribution in [0.1, 0.15) is 0 Å². The topological polar surface area (TPSA) is 93.3 Å². The molecule has 7 nitrogen and oxygen atoms in total. The van der Waals surface area contributed by atoms with Crippen LogP contribution >= 0.6 is 11.6 Å². The van der Waals surface area contributed by atoms with E-state index in [9.17, 15) is 12.8 Å². The van der Waals surface area contributed by atoms with Gasteiger partial charge >= 0.3 is 0 Å². The number of anilines is 1. The molecule has 2 N–H and O–H groups in total. The predicted octanol–water partition coefficient (Wildman–Crippen LogP) is 3.17. The Balaban J connectivity index is 2.05. The molecule has 2 heterocycles. The summed E-state index contributed by atoms with van der Waals surface area (Å²) in [5, 5.41) is 0.909. The number of halogens is 2. The van der Waals surface area contributed by atoms with Gasteiger partial charge in [-0.3, -0.25) is 4.72 Å². The number of ether oxygens (including phenoxy) is 2. The molecule has 1 aromatic carbocycles. The van der Waals surface area contributed by atoms with Crippen molar-refractivity contribution < 1.29 is 22.3 Å². The van der Waals surface area contributed by atoms with Gasteiger partial charge in [0.1, 0.15) is 10.6 Å². The first-order chi connectivity index (χ1) is 11.9. The van der Waals surface area contributed by atoms with Crippen LogP contribution in [0.25, 0.3) is 10.9 Å². The van der Waals surface area contributed by atoms with Crippen molar-refractivity contribution in [2.45, 2.75) is 4.90 Å². The molecule has 132 valence electrons. The number of hydrogen-bond acceptors (Lipinski definition) is 5. The van der Waals surface area contributed by atoms with Gasteiger partial charge in [-0.05, 0) is 18.2 Å². The van der Waals surface area contributed by atoms with Gasteiger partial charge in [0, 0.05) is 28.2 Å². The third kappa shape index (κ3) is 3.20. The number of methoxy groups -OCH3 is 2. The van der Waals surface area contributed by atoms with Gasteiger partial charge in [-0.1, -0.05) is 11.6 Å². The van der Waals surface area contributed by atoms with Gasteiger partial charge in [-0.2, -0.15) is 4.98 Å². The zero-order chi connectivity index (χ0) is 18.2. The SMILES string of the molecule is COc1nc(OC)c(NS(=O)(=O)c2c[nH]c3cc(Cl)ccc23)cc1F. The zero-order valence-corrected chi connectivity index (χ0v) is 14.7. The smallest absolute Gasteiger partial charge is 0.264 e. The lowest BCUT2D eigenvalue weighted by atomic mass is 10.2. The summed E-state index contributed by atoms with van der Waals surface area (Å²) < 4.78 is 51.3. The van der Waals surface area contributed by atoms with Crippen molar-refractivity contribution in [1.82, 2.24) is 9.97 Å². The summed E-state index contributed by atoms with van der Waals surface area (Å²) in [5.41, 5.74) is 0.406. The van der Waals surface area contributed by atoms with Gasteiger partial charge in [0.2, 0.25) is 5.88 Å². The van der Waals surface area contributed by atoms with E-state index >= 15 is 0 Å². The molecule has 0 fully saturated rings. The molecule has 0 saturated heterocycles. The third-order valence-electron chi connectivity index (χ3n) is 3.44. The van der Waals surface area contributed by atoms with E-state index in [0.29, 0.717) is 15.9 Å². The van der Waals surface area contributed by atoms with Crippen LogP contribution in [-0.4, -0.2) is 32.6 Å². The maximum atomic E-state index is 13.9. The third-order valence-corrected chi connectivity index (χ3v) is 5.08. The highest BCUT2D eigenvalue weighted by molar-refractivity contribution is 7.93. The van der Waals surface area contributed by atoms with Crippen molar-refractivity contribution in [2.24, 2.45) is 0 Å². The van der Waals surface area contributed by atoms with E-state index in [4.69, 9.17) is 21.1 Å². The molecule has 3 aromatic rings. The van der Waals surface area contributed by atoms with Crippen LogP contribution in [0, 0.1) is 5.82 Å². The molecule has 0 saturated carbocycles. The quantitative estimate of drug-likeness (QED) is 0.703. The Kier molecular flexibility index (Phi) is 4.44. The maximum Gasteiger partial charge on any atom is 0.264 e. The number of H-pyrrole nitrogens is 1. The Morgan fingerprint density at radius 3 is 2.60 bits per heavy atom. The number of benzene rings is 1. The van der Waals surface area contributed by atoms with Crippen molar-refractivity contribution in [1.29, 1.82) is 0 Å². The van der Waals surface area contributed by atoms with Crippen molar-refractivity contribution in [3.63, 3.8) is 0 Å². The van der Waals surface area contributed by atoms with Gasteiger partial charge in [-0.25, -0.2) is 12.8 Å². The lowest BCUT2D eigenvalue weighted by Gasteiger charge is -2.12. The van der Waals surface area contributed by atoms with Crippen LogP contribution in [0.4, 0.5) is 10.1 Å². The first kappa shape index (κ1) is 17.3. The molecule has 0 spiro atoms. The van der Waals surface area contributed by atoms with Crippen LogP contribution in [-0.2, 0) is 10.0 Å². The number of fused-ring (bicyclic) bond motifs is 1. The summed E-state index contributed by atoms with van der Waals surface area (Å²) in [6.45, 7) is 0. The van der Waals surface area contributed by atoms with Gasteiger partial charge in [-0.15, -0.1) is 0 Å². The molecule has 0 aliphatic carbocycles. The fraction of sp³-hybridized carbons (Fsp3) is 0.133. The number of nitrogens with zero attached hydrogens (tertiary/aromatic N) is 1. The number of pyridine rings is 1. The minimum absolute atomic E-state index is 0.0163. The Hall–Kier alpha value is -2.52. The molecule has 0 aliphatic heterocycles. The van der Waals surface area contributed by atoms with Crippen LogP contribution < -0.4 is 14.2 Å². The summed E-state index contributed by atoms with van der Waals surface area (Å²) in [6.07, 6.45) is 1.32. The normalized spacial score (nSPS) is 11.5. The number of sulfonamides is 1. The molecular formula is C15H13ClFN3O4S. The van der Waals surface area contributed by atoms with E-state index in [1.54, 1.807) is 18.2 Å². The number of aromatic amines is 1. The lowest BCUT2D eigenvalue weighted by molar-refractivity contribution is 0.346. The second-order valence-electron chi connectivity index (χ2n) is 4.98. The van der Waals surface area contributed by atoms with Crippen molar-refractivity contribution in [2.75, 3.05) is 18.9 Å². The molecule has 2 aromatic heterocycles. The average molecular weight is 386 g/mol. The fourth-order valence-corrected chi connectivity index (χ4v) is 3.72. The van der Waals surface area contributed by atoms with Gasteiger partial charge in [0.05, 0.1) is 14.2 Å². The van der Waals surface area contributed by atoms with E-state index in [0.717, 1.165) is 6.07 Å². The molecular weight excluding hydrogens is 373 g/mol. The van der Waals surface area contributed by atoms with E-state index in [1.165, 1.54) is 20.4 Å². The minimum Gasteiger partial charge on any atom is -0.479 e. The van der Waals surface area contributed by atoms with Crippen LogP contribution in [0.3, 0.4) is 0 Å². The first-order valence-electron chi connectivity index (χ1n) is 6.93. The maximum absolute atomic E-state index is 13.9. The van der Waals surface area contributed by atoms with E-state index in [1.807, 2.05) is 0 Å². The lowest BCUT2D eigenvalue weighted by Crippen LogP contribution is -2.14. The zero-order valence-electron chi connectivity index (χ0n) is 13.1. The molecule has 25 heavy (non-hydrogen) atoms. The highest BCUT2D eigenvalue weighted by Crippen LogP contribution is 2.32. The highest BCUT2D eigenvalue weighted by atomic mass is 35.5. The van der Waals surface area contributed by atoms with E-state index < -0.39 is 15.8 Å². The van der Waals surface area contributed by atoms with E-state index in [-0.39, 0.29) is 22.3 Å². The molecule has 10 heteroatoms. The fourth-order valence-electron chi connectivity index (χ4n) is 2.32. The van der Waals surface area contributed by atoms with Gasteiger partial charge < -0.3 is 14.5 Å². The minimum atomic E-state index is -4.03. The van der Waals surface area contributed by atoms with Crippen molar-refractivity contribution >= 4 is 38.2 Å². The van der Waals surface area contributed by atoms with Crippen LogP contribution in [0.5, 0.6) is 11.8 Å². The van der Waals surface area contributed by atoms with Gasteiger partial charge in [0.25, 0.3) is 15.9 Å². The molecule has 3 rings (SSSR count). The average Bonchev–Trinajstić information content (AvgIpc) is 2.98. The molecule has 0 amide bonds. The van der Waals surface area contributed by atoms with Crippen LogP contribution in [0.2, 0.25) is 5.02 Å². The highest BCUT2D eigenvalue weighted by Gasteiger charge is 2.23. The van der Waals surface area contributed by atoms with E-state index in [2.05, 4.69) is 14.7 Å². The molecule has 0 atom stereocenters. The van der Waals surface area contributed by atoms with Crippen molar-refractivity contribution in [3.8, 4) is 11.8 Å². The molecule has 0 bridgehead atoms. The summed E-state index contributed by atoms with van der Waals surface area (Å²) in [5.74, 6) is -1.25.